The molecular formula is C15H16N2O3. The maximum atomic E-state index is 12.1. The Kier molecular flexibility index (Phi) is 3.18. The Labute approximate surface area is 116 Å². The lowest BCUT2D eigenvalue weighted by Gasteiger charge is -2.38. The van der Waals surface area contributed by atoms with Gasteiger partial charge in [0.15, 0.2) is 0 Å². The topological polar surface area (TPSA) is 73.4 Å². The average Bonchev–Trinajstić information content (AvgIpc) is 2.76. The summed E-state index contributed by atoms with van der Waals surface area (Å²) in [6.45, 7) is 1.13. The van der Waals surface area contributed by atoms with Gasteiger partial charge in [-0.25, -0.2) is 0 Å². The van der Waals surface area contributed by atoms with E-state index in [2.05, 4.69) is 4.98 Å². The van der Waals surface area contributed by atoms with Gasteiger partial charge in [0.05, 0.1) is 12.8 Å². The molecule has 104 valence electrons. The van der Waals surface area contributed by atoms with Crippen LogP contribution in [-0.2, 0) is 16.0 Å². The van der Waals surface area contributed by atoms with Crippen molar-refractivity contribution in [3.05, 3.63) is 36.0 Å². The standard InChI is InChI=1S/C15H16N2O3/c18-14(17-8-10(9-17)5-15(19)20)6-11-7-16-13-4-2-1-3-12(11)13/h1-4,7,10,16H,5-6,8-9H2,(H,19,20). The molecule has 2 heterocycles. The van der Waals surface area contributed by atoms with E-state index in [0.717, 1.165) is 16.5 Å². The zero-order valence-corrected chi connectivity index (χ0v) is 11.0. The average molecular weight is 272 g/mol. The van der Waals surface area contributed by atoms with Gasteiger partial charge in [-0.1, -0.05) is 18.2 Å². The Morgan fingerprint density at radius 3 is 2.80 bits per heavy atom. The highest BCUT2D eigenvalue weighted by Crippen LogP contribution is 2.23. The predicted molar refractivity (Wildman–Crippen MR) is 74.3 cm³/mol. The molecule has 0 aliphatic carbocycles. The van der Waals surface area contributed by atoms with Crippen LogP contribution in [0.25, 0.3) is 10.9 Å². The first-order chi connectivity index (χ1) is 9.63. The molecule has 0 spiro atoms. The predicted octanol–water partition coefficient (Wildman–Crippen LogP) is 1.64. The number of amides is 1. The molecule has 1 aromatic carbocycles. The SMILES string of the molecule is O=C(O)CC1CN(C(=O)Cc2c[nH]c3ccccc23)C1. The van der Waals surface area contributed by atoms with Crippen LogP contribution in [0.1, 0.15) is 12.0 Å². The van der Waals surface area contributed by atoms with Crippen molar-refractivity contribution >= 4 is 22.8 Å². The van der Waals surface area contributed by atoms with Gasteiger partial charge in [0.2, 0.25) is 5.91 Å². The molecule has 20 heavy (non-hydrogen) atoms. The summed E-state index contributed by atoms with van der Waals surface area (Å²) in [5.41, 5.74) is 2.02. The van der Waals surface area contributed by atoms with E-state index in [1.807, 2.05) is 30.5 Å². The van der Waals surface area contributed by atoms with Gasteiger partial charge in [0, 0.05) is 36.1 Å². The number of aromatic amines is 1. The minimum absolute atomic E-state index is 0.0661. The third-order valence-corrected chi connectivity index (χ3v) is 3.79. The summed E-state index contributed by atoms with van der Waals surface area (Å²) in [5, 5.41) is 9.76. The minimum atomic E-state index is -0.793. The van der Waals surface area contributed by atoms with Crippen LogP contribution < -0.4 is 0 Å². The summed E-state index contributed by atoms with van der Waals surface area (Å²) in [6.07, 6.45) is 2.39. The summed E-state index contributed by atoms with van der Waals surface area (Å²) in [5.74, 6) is -0.616. The number of nitrogens with one attached hydrogen (secondary N) is 1. The highest BCUT2D eigenvalue weighted by atomic mass is 16.4. The Morgan fingerprint density at radius 1 is 1.30 bits per heavy atom. The van der Waals surface area contributed by atoms with Crippen LogP contribution in [-0.4, -0.2) is 40.0 Å². The van der Waals surface area contributed by atoms with Gasteiger partial charge in [0.1, 0.15) is 0 Å². The smallest absolute Gasteiger partial charge is 0.303 e. The molecule has 0 saturated carbocycles. The van der Waals surface area contributed by atoms with Crippen molar-refractivity contribution in [2.24, 2.45) is 5.92 Å². The molecule has 1 aliphatic rings. The number of H-pyrrole nitrogens is 1. The fourth-order valence-electron chi connectivity index (χ4n) is 2.70. The molecular weight excluding hydrogens is 256 g/mol. The molecule has 5 nitrogen and oxygen atoms in total. The zero-order valence-electron chi connectivity index (χ0n) is 11.0. The van der Waals surface area contributed by atoms with Gasteiger partial charge in [-0.3, -0.25) is 9.59 Å². The first-order valence-corrected chi connectivity index (χ1v) is 6.68. The summed E-state index contributed by atoms with van der Waals surface area (Å²) in [7, 11) is 0. The quantitative estimate of drug-likeness (QED) is 0.888. The molecule has 0 radical (unpaired) electrons. The molecule has 1 amide bonds. The van der Waals surface area contributed by atoms with Crippen molar-refractivity contribution in [3.63, 3.8) is 0 Å². The normalized spacial score (nSPS) is 15.3. The van der Waals surface area contributed by atoms with Gasteiger partial charge in [-0.2, -0.15) is 0 Å². The highest BCUT2D eigenvalue weighted by molar-refractivity contribution is 5.89. The number of carboxylic acid groups (broad SMARTS) is 1. The summed E-state index contributed by atoms with van der Waals surface area (Å²) in [4.78, 5) is 27.6. The molecule has 1 fully saturated rings. The molecule has 1 aliphatic heterocycles. The van der Waals surface area contributed by atoms with Crippen LogP contribution >= 0.6 is 0 Å². The number of rotatable bonds is 4. The van der Waals surface area contributed by atoms with Crippen molar-refractivity contribution in [3.8, 4) is 0 Å². The minimum Gasteiger partial charge on any atom is -0.481 e. The molecule has 0 unspecified atom stereocenters. The second-order valence-corrected chi connectivity index (χ2v) is 5.30. The van der Waals surface area contributed by atoms with Crippen molar-refractivity contribution < 1.29 is 14.7 Å². The maximum absolute atomic E-state index is 12.1. The van der Waals surface area contributed by atoms with E-state index in [9.17, 15) is 9.59 Å². The monoisotopic (exact) mass is 272 g/mol. The number of carboxylic acids is 1. The molecule has 3 rings (SSSR count). The first-order valence-electron chi connectivity index (χ1n) is 6.68. The number of aliphatic carboxylic acids is 1. The Bertz CT molecular complexity index is 656. The van der Waals surface area contributed by atoms with Gasteiger partial charge in [0.25, 0.3) is 0 Å². The lowest BCUT2D eigenvalue weighted by Crippen LogP contribution is -2.51. The molecule has 0 bridgehead atoms. The lowest BCUT2D eigenvalue weighted by molar-refractivity contribution is -0.144. The van der Waals surface area contributed by atoms with Crippen molar-refractivity contribution in [1.82, 2.24) is 9.88 Å². The number of aromatic nitrogens is 1. The fraction of sp³-hybridized carbons (Fsp3) is 0.333. The van der Waals surface area contributed by atoms with Gasteiger partial charge in [-0.15, -0.1) is 0 Å². The number of para-hydroxylation sites is 1. The number of carbonyl (C=O) groups is 2. The van der Waals surface area contributed by atoms with Gasteiger partial charge < -0.3 is 15.0 Å². The van der Waals surface area contributed by atoms with Crippen LogP contribution in [0.2, 0.25) is 0 Å². The molecule has 2 N–H and O–H groups in total. The number of likely N-dealkylation sites (tertiary alicyclic amines) is 1. The van der Waals surface area contributed by atoms with Crippen LogP contribution in [0, 0.1) is 5.92 Å². The Balaban J connectivity index is 1.62. The lowest BCUT2D eigenvalue weighted by atomic mass is 9.95. The largest absolute Gasteiger partial charge is 0.481 e. The van der Waals surface area contributed by atoms with Crippen molar-refractivity contribution in [2.75, 3.05) is 13.1 Å². The molecule has 1 saturated heterocycles. The number of carbonyl (C=O) groups excluding carboxylic acids is 1. The molecule has 0 atom stereocenters. The number of fused-ring (bicyclic) bond motifs is 1. The second-order valence-electron chi connectivity index (χ2n) is 5.30. The van der Waals surface area contributed by atoms with E-state index in [1.54, 1.807) is 4.90 Å². The van der Waals surface area contributed by atoms with Crippen LogP contribution in [0.3, 0.4) is 0 Å². The summed E-state index contributed by atoms with van der Waals surface area (Å²) >= 11 is 0. The molecule has 2 aromatic rings. The van der Waals surface area contributed by atoms with E-state index in [4.69, 9.17) is 5.11 Å². The second kappa shape index (κ2) is 5.00. The Morgan fingerprint density at radius 2 is 2.05 bits per heavy atom. The summed E-state index contributed by atoms with van der Waals surface area (Å²) < 4.78 is 0. The highest BCUT2D eigenvalue weighted by Gasteiger charge is 2.31. The van der Waals surface area contributed by atoms with E-state index in [-0.39, 0.29) is 18.2 Å². The van der Waals surface area contributed by atoms with Crippen LogP contribution in [0.5, 0.6) is 0 Å². The number of nitrogens with zero attached hydrogens (tertiary/aromatic N) is 1. The molecule has 5 heteroatoms. The Hall–Kier alpha value is -2.30. The third kappa shape index (κ3) is 2.39. The number of hydrogen-bond acceptors (Lipinski definition) is 2. The van der Waals surface area contributed by atoms with Crippen molar-refractivity contribution in [1.29, 1.82) is 0 Å². The summed E-state index contributed by atoms with van der Waals surface area (Å²) in [6, 6.07) is 7.89. The fourth-order valence-corrected chi connectivity index (χ4v) is 2.70. The van der Waals surface area contributed by atoms with E-state index in [1.165, 1.54) is 0 Å². The van der Waals surface area contributed by atoms with E-state index < -0.39 is 5.97 Å². The van der Waals surface area contributed by atoms with Crippen LogP contribution in [0.4, 0.5) is 0 Å². The van der Waals surface area contributed by atoms with E-state index in [0.29, 0.717) is 19.5 Å². The van der Waals surface area contributed by atoms with Gasteiger partial charge >= 0.3 is 5.97 Å². The van der Waals surface area contributed by atoms with Gasteiger partial charge in [-0.05, 0) is 11.6 Å². The van der Waals surface area contributed by atoms with Crippen LogP contribution in [0.15, 0.2) is 30.5 Å². The number of benzene rings is 1. The maximum Gasteiger partial charge on any atom is 0.303 e. The van der Waals surface area contributed by atoms with Crippen molar-refractivity contribution in [2.45, 2.75) is 12.8 Å². The molecule has 1 aromatic heterocycles. The third-order valence-electron chi connectivity index (χ3n) is 3.79. The number of hydrogen-bond donors (Lipinski definition) is 2. The van der Waals surface area contributed by atoms with E-state index >= 15 is 0 Å². The first kappa shape index (κ1) is 12.7. The zero-order chi connectivity index (χ0) is 14.1.